The number of ether oxygens (including phenoxy) is 1. The molecule has 0 atom stereocenters. The third-order valence-corrected chi connectivity index (χ3v) is 4.46. The predicted molar refractivity (Wildman–Crippen MR) is 109 cm³/mol. The highest BCUT2D eigenvalue weighted by Gasteiger charge is 2.34. The second-order valence-corrected chi connectivity index (χ2v) is 6.56. The van der Waals surface area contributed by atoms with Crippen molar-refractivity contribution in [2.24, 2.45) is 0 Å². The molecule has 162 valence electrons. The quantitative estimate of drug-likeness (QED) is 0.618. The van der Waals surface area contributed by atoms with Crippen molar-refractivity contribution in [3.63, 3.8) is 0 Å². The summed E-state index contributed by atoms with van der Waals surface area (Å²) >= 11 is 0. The van der Waals surface area contributed by atoms with Gasteiger partial charge in [-0.2, -0.15) is 13.2 Å². The highest BCUT2D eigenvalue weighted by Crippen LogP contribution is 2.31. The molecule has 3 rings (SSSR count). The Labute approximate surface area is 176 Å². The van der Waals surface area contributed by atoms with Crippen molar-refractivity contribution in [1.29, 1.82) is 0 Å². The van der Waals surface area contributed by atoms with Gasteiger partial charge in [-0.05, 0) is 43.3 Å². The van der Waals surface area contributed by atoms with Crippen molar-refractivity contribution in [2.75, 3.05) is 13.2 Å². The van der Waals surface area contributed by atoms with Gasteiger partial charge in [-0.1, -0.05) is 12.1 Å². The fourth-order valence-electron chi connectivity index (χ4n) is 2.95. The second-order valence-electron chi connectivity index (χ2n) is 6.56. The molecule has 1 heterocycles. The summed E-state index contributed by atoms with van der Waals surface area (Å²) in [5.41, 5.74) is -0.599. The maximum Gasteiger partial charge on any atom is 0.417 e. The van der Waals surface area contributed by atoms with Gasteiger partial charge in [0.25, 0.3) is 11.5 Å². The molecule has 0 unspecified atom stereocenters. The number of carbonyl (C=O) groups is 1. The number of nitrogens with zero attached hydrogens (tertiary/aromatic N) is 2. The van der Waals surface area contributed by atoms with Crippen LogP contribution in [-0.2, 0) is 12.7 Å². The Kier molecular flexibility index (Phi) is 6.74. The monoisotopic (exact) mass is 431 g/mol. The van der Waals surface area contributed by atoms with E-state index in [0.717, 1.165) is 17.7 Å². The fourth-order valence-corrected chi connectivity index (χ4v) is 2.95. The van der Waals surface area contributed by atoms with Crippen molar-refractivity contribution < 1.29 is 22.7 Å². The molecule has 6 nitrogen and oxygen atoms in total. The molecule has 0 bridgehead atoms. The minimum atomic E-state index is -4.63. The van der Waals surface area contributed by atoms with Crippen molar-refractivity contribution in [3.05, 3.63) is 82.4 Å². The number of nitrogens with one attached hydrogen (secondary N) is 1. The molecule has 0 saturated carbocycles. The molecule has 0 aliphatic heterocycles. The number of amides is 1. The number of alkyl halides is 3. The van der Waals surface area contributed by atoms with Crippen LogP contribution in [0.15, 0.2) is 65.7 Å². The number of benzene rings is 2. The van der Waals surface area contributed by atoms with Gasteiger partial charge in [-0.25, -0.2) is 4.98 Å². The summed E-state index contributed by atoms with van der Waals surface area (Å²) in [5.74, 6) is -0.151. The summed E-state index contributed by atoms with van der Waals surface area (Å²) in [6.45, 7) is 2.46. The van der Waals surface area contributed by atoms with E-state index in [1.807, 2.05) is 6.92 Å². The van der Waals surface area contributed by atoms with Crippen LogP contribution in [-0.4, -0.2) is 28.6 Å². The van der Waals surface area contributed by atoms with Crippen LogP contribution >= 0.6 is 0 Å². The van der Waals surface area contributed by atoms with E-state index in [0.29, 0.717) is 18.1 Å². The zero-order valence-electron chi connectivity index (χ0n) is 16.6. The maximum atomic E-state index is 13.0. The Morgan fingerprint density at radius 2 is 1.84 bits per heavy atom. The van der Waals surface area contributed by atoms with E-state index in [4.69, 9.17) is 4.74 Å². The Hall–Kier alpha value is -3.62. The van der Waals surface area contributed by atoms with Crippen molar-refractivity contribution in [2.45, 2.75) is 19.6 Å². The Morgan fingerprint density at radius 1 is 1.13 bits per heavy atom. The van der Waals surface area contributed by atoms with Crippen LogP contribution in [0.4, 0.5) is 13.2 Å². The van der Waals surface area contributed by atoms with E-state index in [1.165, 1.54) is 29.1 Å². The third kappa shape index (κ3) is 5.50. The first kappa shape index (κ1) is 22.1. The molecule has 0 aliphatic rings. The topological polar surface area (TPSA) is 73.2 Å². The first-order valence-electron chi connectivity index (χ1n) is 9.53. The van der Waals surface area contributed by atoms with Gasteiger partial charge in [0.1, 0.15) is 5.75 Å². The van der Waals surface area contributed by atoms with Gasteiger partial charge in [0.15, 0.2) is 0 Å². The second kappa shape index (κ2) is 9.46. The fraction of sp³-hybridized carbons (Fsp3) is 0.227. The van der Waals surface area contributed by atoms with Crippen LogP contribution in [0.2, 0.25) is 0 Å². The number of hydrogen-bond acceptors (Lipinski definition) is 4. The smallest absolute Gasteiger partial charge is 0.417 e. The van der Waals surface area contributed by atoms with Gasteiger partial charge < -0.3 is 10.1 Å². The molecule has 1 aromatic heterocycles. The molecule has 3 aromatic rings. The molecule has 0 fully saturated rings. The predicted octanol–water partition coefficient (Wildman–Crippen LogP) is 3.76. The van der Waals surface area contributed by atoms with Gasteiger partial charge in [0.05, 0.1) is 29.8 Å². The molecule has 31 heavy (non-hydrogen) atoms. The molecule has 0 aliphatic carbocycles. The molecule has 2 aromatic carbocycles. The summed E-state index contributed by atoms with van der Waals surface area (Å²) in [7, 11) is 0. The number of halogens is 3. The lowest BCUT2D eigenvalue weighted by molar-refractivity contribution is -0.137. The summed E-state index contributed by atoms with van der Waals surface area (Å²) in [6.07, 6.45) is -3.30. The lowest BCUT2D eigenvalue weighted by atomic mass is 10.1. The summed E-state index contributed by atoms with van der Waals surface area (Å²) in [5, 5.41) is 2.41. The number of aromatic nitrogens is 2. The van der Waals surface area contributed by atoms with Crippen molar-refractivity contribution in [1.82, 2.24) is 14.9 Å². The van der Waals surface area contributed by atoms with E-state index >= 15 is 0 Å². The summed E-state index contributed by atoms with van der Waals surface area (Å²) in [4.78, 5) is 28.8. The van der Waals surface area contributed by atoms with E-state index in [2.05, 4.69) is 10.3 Å². The Morgan fingerprint density at radius 3 is 2.48 bits per heavy atom. The standard InChI is InChI=1S/C22H20F3N3O3/c1-2-31-16-9-7-15(8-10-16)19-13-20(29)28(14-27-19)12-11-26-21(30)17-5-3-4-6-18(17)22(23,24)25/h3-10,13-14H,2,11-12H2,1H3,(H,26,30). The van der Waals surface area contributed by atoms with Gasteiger partial charge >= 0.3 is 6.18 Å². The van der Waals surface area contributed by atoms with E-state index in [-0.39, 0.29) is 18.6 Å². The van der Waals surface area contributed by atoms with E-state index in [9.17, 15) is 22.8 Å². The highest BCUT2D eigenvalue weighted by atomic mass is 19.4. The first-order valence-corrected chi connectivity index (χ1v) is 9.53. The van der Waals surface area contributed by atoms with Crippen LogP contribution in [0, 0.1) is 0 Å². The molecule has 0 saturated heterocycles. The highest BCUT2D eigenvalue weighted by molar-refractivity contribution is 5.95. The molecule has 0 radical (unpaired) electrons. The van der Waals surface area contributed by atoms with Crippen LogP contribution in [0.3, 0.4) is 0 Å². The first-order chi connectivity index (χ1) is 14.8. The van der Waals surface area contributed by atoms with Crippen molar-refractivity contribution >= 4 is 5.91 Å². The van der Waals surface area contributed by atoms with Crippen LogP contribution < -0.4 is 15.6 Å². The molecule has 0 spiro atoms. The lowest BCUT2D eigenvalue weighted by Gasteiger charge is -2.13. The SMILES string of the molecule is CCOc1ccc(-c2cc(=O)n(CCNC(=O)c3ccccc3C(F)(F)F)cn2)cc1. The number of rotatable bonds is 7. The minimum Gasteiger partial charge on any atom is -0.494 e. The largest absolute Gasteiger partial charge is 0.494 e. The van der Waals surface area contributed by atoms with Gasteiger partial charge in [0, 0.05) is 24.7 Å². The van der Waals surface area contributed by atoms with Gasteiger partial charge in [-0.3, -0.25) is 14.2 Å². The zero-order chi connectivity index (χ0) is 22.4. The minimum absolute atomic E-state index is 0.0327. The van der Waals surface area contributed by atoms with Gasteiger partial charge in [-0.15, -0.1) is 0 Å². The molecule has 1 N–H and O–H groups in total. The zero-order valence-corrected chi connectivity index (χ0v) is 16.6. The maximum absolute atomic E-state index is 13.0. The van der Waals surface area contributed by atoms with Crippen molar-refractivity contribution in [3.8, 4) is 17.0 Å². The Bertz CT molecular complexity index is 1110. The Balaban J connectivity index is 1.64. The molecule has 1 amide bonds. The molecule has 9 heteroatoms. The average molecular weight is 431 g/mol. The number of carbonyl (C=O) groups excluding carboxylic acids is 1. The van der Waals surface area contributed by atoms with Crippen LogP contribution in [0.25, 0.3) is 11.3 Å². The van der Waals surface area contributed by atoms with Gasteiger partial charge in [0.2, 0.25) is 0 Å². The normalized spacial score (nSPS) is 11.2. The van der Waals surface area contributed by atoms with Crippen LogP contribution in [0.5, 0.6) is 5.75 Å². The average Bonchev–Trinajstić information content (AvgIpc) is 2.75. The number of hydrogen-bond donors (Lipinski definition) is 1. The van der Waals surface area contributed by atoms with E-state index in [1.54, 1.807) is 24.3 Å². The molecular formula is C22H20F3N3O3. The van der Waals surface area contributed by atoms with Crippen LogP contribution in [0.1, 0.15) is 22.8 Å². The summed E-state index contributed by atoms with van der Waals surface area (Å²) in [6, 6.07) is 13.0. The summed E-state index contributed by atoms with van der Waals surface area (Å²) < 4.78 is 45.8. The van der Waals surface area contributed by atoms with E-state index < -0.39 is 23.2 Å². The lowest BCUT2D eigenvalue weighted by Crippen LogP contribution is -2.32. The molecular weight excluding hydrogens is 411 g/mol. The third-order valence-electron chi connectivity index (χ3n) is 4.46.